The van der Waals surface area contributed by atoms with Crippen molar-refractivity contribution in [3.8, 4) is 11.3 Å². The molecule has 5 heteroatoms. The number of benzene rings is 2. The van der Waals surface area contributed by atoms with Crippen LogP contribution in [0.3, 0.4) is 0 Å². The van der Waals surface area contributed by atoms with Crippen LogP contribution in [-0.2, 0) is 13.0 Å². The van der Waals surface area contributed by atoms with E-state index in [1.54, 1.807) is 0 Å². The quantitative estimate of drug-likeness (QED) is 0.596. The molecule has 3 aromatic rings. The molecule has 3 rings (SSSR count). The van der Waals surface area contributed by atoms with Gasteiger partial charge in [0, 0.05) is 40.8 Å². The predicted molar refractivity (Wildman–Crippen MR) is 106 cm³/mol. The van der Waals surface area contributed by atoms with Crippen LogP contribution in [0, 0.1) is 18.6 Å². The number of anilines is 1. The Hall–Kier alpha value is -2.95. The third-order valence-corrected chi connectivity index (χ3v) is 4.58. The molecular formula is C22H23F2N3. The number of rotatable bonds is 6. The average Bonchev–Trinajstić information content (AvgIpc) is 2.98. The molecule has 3 nitrogen and oxygen atoms in total. The van der Waals surface area contributed by atoms with Gasteiger partial charge in [0.1, 0.15) is 11.6 Å². The van der Waals surface area contributed by atoms with Gasteiger partial charge in [-0.25, -0.2) is 13.5 Å². The fourth-order valence-corrected chi connectivity index (χ4v) is 3.16. The van der Waals surface area contributed by atoms with Crippen molar-refractivity contribution in [2.24, 2.45) is 0 Å². The van der Waals surface area contributed by atoms with Gasteiger partial charge in [-0.15, -0.1) is 0 Å². The molecule has 140 valence electrons. The molecule has 1 heterocycles. The van der Waals surface area contributed by atoms with Crippen molar-refractivity contribution in [1.29, 1.82) is 0 Å². The lowest BCUT2D eigenvalue weighted by atomic mass is 10.0. The SMILES string of the molecule is C/C=C\n1nc(-c2cccc(NCc3c(F)cccc3F)c2)c(CC)c1C. The second kappa shape index (κ2) is 8.16. The second-order valence-corrected chi connectivity index (χ2v) is 6.33. The van der Waals surface area contributed by atoms with Crippen LogP contribution < -0.4 is 5.32 Å². The first-order valence-corrected chi connectivity index (χ1v) is 9.03. The fourth-order valence-electron chi connectivity index (χ4n) is 3.16. The minimum absolute atomic E-state index is 0.0327. The van der Waals surface area contributed by atoms with Crippen molar-refractivity contribution in [3.63, 3.8) is 0 Å². The summed E-state index contributed by atoms with van der Waals surface area (Å²) in [6.07, 6.45) is 4.75. The van der Waals surface area contributed by atoms with Gasteiger partial charge >= 0.3 is 0 Å². The molecular weight excluding hydrogens is 344 g/mol. The maximum absolute atomic E-state index is 13.8. The number of nitrogens with zero attached hydrogens (tertiary/aromatic N) is 2. The molecule has 0 aliphatic carbocycles. The van der Waals surface area contributed by atoms with Gasteiger partial charge in [0.15, 0.2) is 0 Å². The fraction of sp³-hybridized carbons (Fsp3) is 0.227. The number of aromatic nitrogens is 2. The van der Waals surface area contributed by atoms with E-state index in [2.05, 4.69) is 19.2 Å². The smallest absolute Gasteiger partial charge is 0.131 e. The van der Waals surface area contributed by atoms with Crippen molar-refractivity contribution < 1.29 is 8.78 Å². The number of hydrogen-bond donors (Lipinski definition) is 1. The van der Waals surface area contributed by atoms with Gasteiger partial charge in [0.05, 0.1) is 5.69 Å². The summed E-state index contributed by atoms with van der Waals surface area (Å²) in [5, 5.41) is 7.82. The van der Waals surface area contributed by atoms with E-state index >= 15 is 0 Å². The monoisotopic (exact) mass is 367 g/mol. The molecule has 0 amide bonds. The second-order valence-electron chi connectivity index (χ2n) is 6.33. The standard InChI is InChI=1S/C22H23F2N3/c1-4-12-27-15(3)18(5-2)22(26-27)16-8-6-9-17(13-16)25-14-19-20(23)10-7-11-21(19)24/h4,6-13,25H,5,14H2,1-3H3/b12-4-. The Bertz CT molecular complexity index is 953. The summed E-state index contributed by atoms with van der Waals surface area (Å²) >= 11 is 0. The van der Waals surface area contributed by atoms with Crippen LogP contribution in [0.15, 0.2) is 48.5 Å². The summed E-state index contributed by atoms with van der Waals surface area (Å²) in [6.45, 7) is 6.20. The van der Waals surface area contributed by atoms with Gasteiger partial charge < -0.3 is 5.32 Å². The van der Waals surface area contributed by atoms with Gasteiger partial charge in [0.25, 0.3) is 0 Å². The Labute approximate surface area is 158 Å². The zero-order valence-corrected chi connectivity index (χ0v) is 15.8. The lowest BCUT2D eigenvalue weighted by Gasteiger charge is -2.10. The third-order valence-electron chi connectivity index (χ3n) is 4.58. The molecule has 1 aromatic heterocycles. The lowest BCUT2D eigenvalue weighted by molar-refractivity contribution is 0.560. The van der Waals surface area contributed by atoms with Crippen molar-refractivity contribution in [2.45, 2.75) is 33.7 Å². The number of nitrogens with one attached hydrogen (secondary N) is 1. The minimum atomic E-state index is -0.548. The maximum atomic E-state index is 13.8. The van der Waals surface area contributed by atoms with E-state index < -0.39 is 11.6 Å². The highest BCUT2D eigenvalue weighted by Gasteiger charge is 2.14. The molecule has 0 spiro atoms. The Kier molecular flexibility index (Phi) is 5.69. The van der Waals surface area contributed by atoms with Crippen LogP contribution in [-0.4, -0.2) is 9.78 Å². The summed E-state index contributed by atoms with van der Waals surface area (Å²) < 4.78 is 29.5. The van der Waals surface area contributed by atoms with Crippen molar-refractivity contribution in [2.75, 3.05) is 5.32 Å². The Morgan fingerprint density at radius 1 is 1.07 bits per heavy atom. The predicted octanol–water partition coefficient (Wildman–Crippen LogP) is 5.80. The largest absolute Gasteiger partial charge is 0.381 e. The summed E-state index contributed by atoms with van der Waals surface area (Å²) in [7, 11) is 0. The third kappa shape index (κ3) is 3.92. The Balaban J connectivity index is 1.89. The van der Waals surface area contributed by atoms with Crippen LogP contribution in [0.5, 0.6) is 0 Å². The Morgan fingerprint density at radius 2 is 1.78 bits per heavy atom. The first kappa shape index (κ1) is 18.8. The normalized spacial score (nSPS) is 11.3. The summed E-state index contributed by atoms with van der Waals surface area (Å²) in [4.78, 5) is 0. The molecule has 0 radical (unpaired) electrons. The molecule has 0 bridgehead atoms. The number of allylic oxidation sites excluding steroid dienone is 1. The van der Waals surface area contributed by atoms with E-state index in [0.717, 1.165) is 29.1 Å². The molecule has 0 atom stereocenters. The van der Waals surface area contributed by atoms with Gasteiger partial charge in [0.2, 0.25) is 0 Å². The maximum Gasteiger partial charge on any atom is 0.131 e. The summed E-state index contributed by atoms with van der Waals surface area (Å²) in [6, 6.07) is 11.6. The summed E-state index contributed by atoms with van der Waals surface area (Å²) in [5.41, 5.74) is 5.01. The molecule has 27 heavy (non-hydrogen) atoms. The molecule has 1 N–H and O–H groups in total. The molecule has 0 aliphatic heterocycles. The van der Waals surface area contributed by atoms with E-state index in [1.807, 2.05) is 48.1 Å². The Morgan fingerprint density at radius 3 is 2.44 bits per heavy atom. The van der Waals surface area contributed by atoms with Crippen LogP contribution in [0.25, 0.3) is 17.5 Å². The zero-order chi connectivity index (χ0) is 19.4. The van der Waals surface area contributed by atoms with Crippen LogP contribution in [0.4, 0.5) is 14.5 Å². The van der Waals surface area contributed by atoms with Gasteiger partial charge in [-0.3, -0.25) is 0 Å². The first-order valence-electron chi connectivity index (χ1n) is 9.03. The van der Waals surface area contributed by atoms with E-state index in [1.165, 1.54) is 23.8 Å². The minimum Gasteiger partial charge on any atom is -0.381 e. The molecule has 0 fully saturated rings. The topological polar surface area (TPSA) is 29.9 Å². The lowest BCUT2D eigenvalue weighted by Crippen LogP contribution is -2.04. The highest BCUT2D eigenvalue weighted by molar-refractivity contribution is 5.69. The molecule has 0 unspecified atom stereocenters. The molecule has 0 saturated heterocycles. The summed E-state index contributed by atoms with van der Waals surface area (Å²) in [5.74, 6) is -1.10. The van der Waals surface area contributed by atoms with Crippen molar-refractivity contribution in [1.82, 2.24) is 9.78 Å². The van der Waals surface area contributed by atoms with Gasteiger partial charge in [-0.1, -0.05) is 31.2 Å². The van der Waals surface area contributed by atoms with E-state index in [4.69, 9.17) is 5.10 Å². The highest BCUT2D eigenvalue weighted by atomic mass is 19.1. The molecule has 0 saturated carbocycles. The average molecular weight is 367 g/mol. The van der Waals surface area contributed by atoms with E-state index in [9.17, 15) is 8.78 Å². The number of halogens is 2. The van der Waals surface area contributed by atoms with Crippen molar-refractivity contribution in [3.05, 3.63) is 77.0 Å². The van der Waals surface area contributed by atoms with Gasteiger partial charge in [-0.05, 0) is 44.5 Å². The molecule has 0 aliphatic rings. The van der Waals surface area contributed by atoms with Crippen LogP contribution in [0.1, 0.15) is 30.7 Å². The van der Waals surface area contributed by atoms with Crippen LogP contribution in [0.2, 0.25) is 0 Å². The van der Waals surface area contributed by atoms with E-state index in [0.29, 0.717) is 0 Å². The van der Waals surface area contributed by atoms with E-state index in [-0.39, 0.29) is 12.1 Å². The molecule has 2 aromatic carbocycles. The highest BCUT2D eigenvalue weighted by Crippen LogP contribution is 2.28. The van der Waals surface area contributed by atoms with Crippen LogP contribution >= 0.6 is 0 Å². The zero-order valence-electron chi connectivity index (χ0n) is 15.8. The number of hydrogen-bond acceptors (Lipinski definition) is 2. The van der Waals surface area contributed by atoms with Crippen molar-refractivity contribution >= 4 is 11.9 Å². The van der Waals surface area contributed by atoms with Gasteiger partial charge in [-0.2, -0.15) is 5.10 Å². The first-order chi connectivity index (χ1) is 13.0.